The summed E-state index contributed by atoms with van der Waals surface area (Å²) in [7, 11) is 1.81. The van der Waals surface area contributed by atoms with Crippen LogP contribution >= 0.6 is 0 Å². The highest BCUT2D eigenvalue weighted by Crippen LogP contribution is 2.29. The van der Waals surface area contributed by atoms with Crippen LogP contribution in [0.3, 0.4) is 0 Å². The molecule has 1 aliphatic rings. The second kappa shape index (κ2) is 5.17. The van der Waals surface area contributed by atoms with E-state index in [2.05, 4.69) is 22.5 Å². The van der Waals surface area contributed by atoms with Gasteiger partial charge in [-0.3, -0.25) is 4.79 Å². The highest BCUT2D eigenvalue weighted by Gasteiger charge is 2.25. The first-order valence-corrected chi connectivity index (χ1v) is 6.15. The Hall–Kier alpha value is -1.58. The van der Waals surface area contributed by atoms with Gasteiger partial charge in [0.2, 0.25) is 0 Å². The number of hydrogen-bond donors (Lipinski definition) is 2. The molecule has 1 aliphatic carbocycles. The molecule has 1 aromatic rings. The van der Waals surface area contributed by atoms with Gasteiger partial charge in [-0.05, 0) is 37.8 Å². The van der Waals surface area contributed by atoms with E-state index in [4.69, 9.17) is 0 Å². The van der Waals surface area contributed by atoms with Crippen molar-refractivity contribution in [3.05, 3.63) is 23.9 Å². The number of hydrogen-bond acceptors (Lipinski definition) is 3. The van der Waals surface area contributed by atoms with Crippen LogP contribution in [0, 0.1) is 5.92 Å². The molecular weight excluding hydrogens is 214 g/mol. The van der Waals surface area contributed by atoms with Gasteiger partial charge in [-0.25, -0.2) is 4.98 Å². The summed E-state index contributed by atoms with van der Waals surface area (Å²) >= 11 is 0. The molecule has 2 rings (SSSR count). The number of nitrogens with zero attached hydrogens (tertiary/aromatic N) is 1. The van der Waals surface area contributed by atoms with Crippen molar-refractivity contribution in [2.75, 3.05) is 12.4 Å². The van der Waals surface area contributed by atoms with E-state index in [0.717, 1.165) is 5.82 Å². The minimum Gasteiger partial charge on any atom is -0.373 e. The van der Waals surface area contributed by atoms with E-state index in [1.54, 1.807) is 19.3 Å². The number of amides is 1. The second-order valence-corrected chi connectivity index (χ2v) is 4.64. The van der Waals surface area contributed by atoms with Crippen LogP contribution in [0.15, 0.2) is 18.3 Å². The van der Waals surface area contributed by atoms with Crippen molar-refractivity contribution >= 4 is 11.7 Å². The zero-order valence-corrected chi connectivity index (χ0v) is 10.4. The van der Waals surface area contributed by atoms with Crippen LogP contribution in [0.5, 0.6) is 0 Å². The van der Waals surface area contributed by atoms with Gasteiger partial charge in [-0.1, -0.05) is 6.42 Å². The molecule has 4 heteroatoms. The molecule has 0 aliphatic heterocycles. The molecule has 0 aromatic carbocycles. The SMILES string of the molecule is CNc1ccc(C(=O)NC(C)C2CCC2)cn1. The van der Waals surface area contributed by atoms with E-state index in [1.807, 2.05) is 6.07 Å². The third kappa shape index (κ3) is 2.75. The average molecular weight is 233 g/mol. The largest absolute Gasteiger partial charge is 0.373 e. The molecule has 92 valence electrons. The number of anilines is 1. The maximum Gasteiger partial charge on any atom is 0.253 e. The molecule has 1 heterocycles. The van der Waals surface area contributed by atoms with E-state index in [9.17, 15) is 4.79 Å². The van der Waals surface area contributed by atoms with Gasteiger partial charge < -0.3 is 10.6 Å². The quantitative estimate of drug-likeness (QED) is 0.836. The summed E-state index contributed by atoms with van der Waals surface area (Å²) in [5, 5.41) is 5.96. The minimum absolute atomic E-state index is 0.0282. The lowest BCUT2D eigenvalue weighted by Crippen LogP contribution is -2.40. The maximum atomic E-state index is 11.9. The molecule has 17 heavy (non-hydrogen) atoms. The number of carbonyl (C=O) groups is 1. The van der Waals surface area contributed by atoms with E-state index in [-0.39, 0.29) is 11.9 Å². The fraction of sp³-hybridized carbons (Fsp3) is 0.538. The first-order valence-electron chi connectivity index (χ1n) is 6.15. The van der Waals surface area contributed by atoms with Gasteiger partial charge in [-0.2, -0.15) is 0 Å². The molecule has 4 nitrogen and oxygen atoms in total. The van der Waals surface area contributed by atoms with E-state index in [1.165, 1.54) is 19.3 Å². The Bertz CT molecular complexity index is 384. The Labute approximate surface area is 102 Å². The Kier molecular flexibility index (Phi) is 3.61. The number of pyridine rings is 1. The number of nitrogens with one attached hydrogen (secondary N) is 2. The molecule has 1 atom stereocenters. The predicted octanol–water partition coefficient (Wildman–Crippen LogP) is 2.04. The monoisotopic (exact) mass is 233 g/mol. The molecule has 1 saturated carbocycles. The van der Waals surface area contributed by atoms with Gasteiger partial charge >= 0.3 is 0 Å². The average Bonchev–Trinajstić information content (AvgIpc) is 2.26. The summed E-state index contributed by atoms with van der Waals surface area (Å²) in [6.45, 7) is 2.08. The molecule has 0 radical (unpaired) electrons. The molecule has 1 unspecified atom stereocenters. The number of carbonyl (C=O) groups excluding carboxylic acids is 1. The summed E-state index contributed by atoms with van der Waals surface area (Å²) in [5.41, 5.74) is 0.621. The lowest BCUT2D eigenvalue weighted by molar-refractivity contribution is 0.0909. The van der Waals surface area contributed by atoms with Gasteiger partial charge in [0, 0.05) is 19.3 Å². The number of aromatic nitrogens is 1. The molecule has 1 aromatic heterocycles. The van der Waals surface area contributed by atoms with Crippen molar-refractivity contribution in [1.29, 1.82) is 0 Å². The van der Waals surface area contributed by atoms with Crippen LogP contribution in [0.25, 0.3) is 0 Å². The standard InChI is InChI=1S/C13H19N3O/c1-9(10-4-3-5-10)16-13(17)11-6-7-12(14-2)15-8-11/h6-10H,3-5H2,1-2H3,(H,14,15)(H,16,17). The molecule has 0 spiro atoms. The molecule has 0 bridgehead atoms. The summed E-state index contributed by atoms with van der Waals surface area (Å²) < 4.78 is 0. The Balaban J connectivity index is 1.93. The van der Waals surface area contributed by atoms with Crippen LogP contribution in [0.2, 0.25) is 0 Å². The zero-order valence-electron chi connectivity index (χ0n) is 10.4. The summed E-state index contributed by atoms with van der Waals surface area (Å²) in [6, 6.07) is 3.87. The van der Waals surface area contributed by atoms with Gasteiger partial charge in [0.25, 0.3) is 5.91 Å². The van der Waals surface area contributed by atoms with Crippen LogP contribution in [0.4, 0.5) is 5.82 Å². The smallest absolute Gasteiger partial charge is 0.253 e. The lowest BCUT2D eigenvalue weighted by Gasteiger charge is -2.31. The van der Waals surface area contributed by atoms with E-state index < -0.39 is 0 Å². The molecule has 1 fully saturated rings. The fourth-order valence-corrected chi connectivity index (χ4v) is 2.02. The fourth-order valence-electron chi connectivity index (χ4n) is 2.02. The Morgan fingerprint density at radius 2 is 2.24 bits per heavy atom. The number of rotatable bonds is 4. The van der Waals surface area contributed by atoms with Gasteiger partial charge in [0.1, 0.15) is 5.82 Å². The van der Waals surface area contributed by atoms with E-state index in [0.29, 0.717) is 11.5 Å². The van der Waals surface area contributed by atoms with Gasteiger partial charge in [-0.15, -0.1) is 0 Å². The highest BCUT2D eigenvalue weighted by molar-refractivity contribution is 5.94. The predicted molar refractivity (Wildman–Crippen MR) is 68.1 cm³/mol. The van der Waals surface area contributed by atoms with Gasteiger partial charge in [0.05, 0.1) is 5.56 Å². The summed E-state index contributed by atoms with van der Waals surface area (Å²) in [5.74, 6) is 1.40. The molecule has 0 saturated heterocycles. The van der Waals surface area contributed by atoms with Crippen molar-refractivity contribution in [2.45, 2.75) is 32.2 Å². The third-order valence-electron chi connectivity index (χ3n) is 3.50. The highest BCUT2D eigenvalue weighted by atomic mass is 16.1. The van der Waals surface area contributed by atoms with Crippen LogP contribution in [-0.4, -0.2) is 24.0 Å². The first kappa shape index (κ1) is 11.9. The Morgan fingerprint density at radius 3 is 2.71 bits per heavy atom. The van der Waals surface area contributed by atoms with Crippen molar-refractivity contribution in [3.63, 3.8) is 0 Å². The summed E-state index contributed by atoms with van der Waals surface area (Å²) in [6.07, 6.45) is 5.37. The lowest BCUT2D eigenvalue weighted by atomic mass is 9.80. The minimum atomic E-state index is -0.0282. The molecule has 1 amide bonds. The van der Waals surface area contributed by atoms with E-state index >= 15 is 0 Å². The van der Waals surface area contributed by atoms with Crippen LogP contribution in [-0.2, 0) is 0 Å². The molecule has 2 N–H and O–H groups in total. The van der Waals surface area contributed by atoms with Crippen molar-refractivity contribution in [1.82, 2.24) is 10.3 Å². The molecular formula is C13H19N3O. The topological polar surface area (TPSA) is 54.0 Å². The summed E-state index contributed by atoms with van der Waals surface area (Å²) in [4.78, 5) is 16.1. The van der Waals surface area contributed by atoms with Gasteiger partial charge in [0.15, 0.2) is 0 Å². The van der Waals surface area contributed by atoms with Crippen LogP contribution in [0.1, 0.15) is 36.5 Å². The first-order chi connectivity index (χ1) is 8.20. The van der Waals surface area contributed by atoms with Crippen LogP contribution < -0.4 is 10.6 Å². The van der Waals surface area contributed by atoms with Crippen molar-refractivity contribution < 1.29 is 4.79 Å². The van der Waals surface area contributed by atoms with Crippen molar-refractivity contribution in [2.24, 2.45) is 5.92 Å². The normalized spacial score (nSPS) is 17.1. The second-order valence-electron chi connectivity index (χ2n) is 4.64. The zero-order chi connectivity index (χ0) is 12.3. The maximum absolute atomic E-state index is 11.9. The third-order valence-corrected chi connectivity index (χ3v) is 3.50. The van der Waals surface area contributed by atoms with Crippen molar-refractivity contribution in [3.8, 4) is 0 Å². The Morgan fingerprint density at radius 1 is 1.47 bits per heavy atom.